The summed E-state index contributed by atoms with van der Waals surface area (Å²) >= 11 is 9.04. The lowest BCUT2D eigenvalue weighted by molar-refractivity contribution is -0.113. The van der Waals surface area contributed by atoms with Crippen LogP contribution in [0.5, 0.6) is 5.75 Å². The van der Waals surface area contributed by atoms with E-state index in [2.05, 4.69) is 22.1 Å². The van der Waals surface area contributed by atoms with Gasteiger partial charge in [0.2, 0.25) is 5.91 Å². The van der Waals surface area contributed by atoms with Crippen molar-refractivity contribution in [1.82, 2.24) is 14.8 Å². The number of thioether (sulfide) groups is 1. The van der Waals surface area contributed by atoms with E-state index in [1.807, 2.05) is 30.5 Å². The van der Waals surface area contributed by atoms with Gasteiger partial charge in [0.15, 0.2) is 17.1 Å². The summed E-state index contributed by atoms with van der Waals surface area (Å²) in [6, 6.07) is 5.59. The third-order valence-electron chi connectivity index (χ3n) is 6.05. The summed E-state index contributed by atoms with van der Waals surface area (Å²) in [6.07, 6.45) is 5.15. The molecule has 38 heavy (non-hydrogen) atoms. The highest BCUT2D eigenvalue weighted by Gasteiger charge is 2.27. The first-order valence-corrected chi connectivity index (χ1v) is 14.7. The fourth-order valence-electron chi connectivity index (χ4n) is 4.32. The highest BCUT2D eigenvalue weighted by Crippen LogP contribution is 2.39. The lowest BCUT2D eigenvalue weighted by Gasteiger charge is -2.17. The molecule has 1 atom stereocenters. The summed E-state index contributed by atoms with van der Waals surface area (Å²) < 4.78 is 13.2. The van der Waals surface area contributed by atoms with Gasteiger partial charge < -0.3 is 14.8 Å². The number of ether oxygens (including phenoxy) is 2. The van der Waals surface area contributed by atoms with E-state index in [0.29, 0.717) is 38.9 Å². The van der Waals surface area contributed by atoms with Crippen LogP contribution in [0.2, 0.25) is 5.02 Å². The number of nitrogens with one attached hydrogen (secondary N) is 1. The van der Waals surface area contributed by atoms with Crippen molar-refractivity contribution in [3.05, 3.63) is 63.3 Å². The lowest BCUT2D eigenvalue weighted by atomic mass is 9.95. The fourth-order valence-corrected chi connectivity index (χ4v) is 6.53. The van der Waals surface area contributed by atoms with Crippen LogP contribution in [-0.2, 0) is 28.9 Å². The number of aromatic nitrogens is 3. The Bertz CT molecular complexity index is 1340. The molecule has 1 unspecified atom stereocenters. The minimum atomic E-state index is -0.436. The standard InChI is InChI=1S/C27H31ClN4O4S2/c1-5-13-32-24(17(4)36-20-14-16(3)11-12-19(20)28)30-31-27(32)37-15-22(33)29-25-23(26(34)35-6-2)18-9-7-8-10-21(18)38-25/h5,11-12,14,17H,1,6-10,13,15H2,2-4H3,(H,29,33). The van der Waals surface area contributed by atoms with Crippen molar-refractivity contribution in [2.75, 3.05) is 17.7 Å². The van der Waals surface area contributed by atoms with E-state index in [1.54, 1.807) is 19.1 Å². The average molecular weight is 575 g/mol. The summed E-state index contributed by atoms with van der Waals surface area (Å²) in [7, 11) is 0. The molecular weight excluding hydrogens is 544 g/mol. The minimum absolute atomic E-state index is 0.0963. The Morgan fingerprint density at radius 1 is 1.32 bits per heavy atom. The van der Waals surface area contributed by atoms with Gasteiger partial charge in [-0.1, -0.05) is 35.5 Å². The molecule has 1 amide bonds. The Balaban J connectivity index is 1.47. The number of carbonyl (C=O) groups excluding carboxylic acids is 2. The van der Waals surface area contributed by atoms with E-state index in [4.69, 9.17) is 21.1 Å². The van der Waals surface area contributed by atoms with Crippen LogP contribution in [0.4, 0.5) is 5.00 Å². The van der Waals surface area contributed by atoms with Gasteiger partial charge in [0.1, 0.15) is 10.8 Å². The molecule has 1 aliphatic carbocycles. The quantitative estimate of drug-likeness (QED) is 0.160. The molecule has 202 valence electrons. The van der Waals surface area contributed by atoms with Crippen LogP contribution in [0.1, 0.15) is 65.0 Å². The van der Waals surface area contributed by atoms with E-state index in [0.717, 1.165) is 41.7 Å². The second kappa shape index (κ2) is 12.8. The van der Waals surface area contributed by atoms with Crippen LogP contribution in [0, 0.1) is 6.92 Å². The number of nitrogens with zero attached hydrogens (tertiary/aromatic N) is 3. The smallest absolute Gasteiger partial charge is 0.341 e. The highest BCUT2D eigenvalue weighted by atomic mass is 35.5. The zero-order valence-corrected chi connectivity index (χ0v) is 24.1. The molecule has 0 saturated carbocycles. The number of thiophene rings is 1. The molecule has 0 saturated heterocycles. The number of allylic oxidation sites excluding steroid dienone is 1. The van der Waals surface area contributed by atoms with Crippen LogP contribution in [0.3, 0.4) is 0 Å². The summed E-state index contributed by atoms with van der Waals surface area (Å²) in [4.78, 5) is 26.8. The van der Waals surface area contributed by atoms with Crippen molar-refractivity contribution in [2.24, 2.45) is 0 Å². The number of aryl methyl sites for hydroxylation is 2. The summed E-state index contributed by atoms with van der Waals surface area (Å²) in [5.74, 6) is 0.648. The molecule has 2 aromatic heterocycles. The zero-order valence-electron chi connectivity index (χ0n) is 21.7. The van der Waals surface area contributed by atoms with Gasteiger partial charge >= 0.3 is 5.97 Å². The van der Waals surface area contributed by atoms with E-state index in [9.17, 15) is 9.59 Å². The predicted octanol–water partition coefficient (Wildman–Crippen LogP) is 6.41. The first-order chi connectivity index (χ1) is 18.3. The second-order valence-electron chi connectivity index (χ2n) is 8.91. The van der Waals surface area contributed by atoms with Gasteiger partial charge in [-0.05, 0) is 69.7 Å². The second-order valence-corrected chi connectivity index (χ2v) is 11.4. The van der Waals surface area contributed by atoms with Crippen LogP contribution >= 0.6 is 34.7 Å². The number of halogens is 1. The first kappa shape index (κ1) is 28.2. The van der Waals surface area contributed by atoms with Crippen LogP contribution in [0.25, 0.3) is 0 Å². The maximum atomic E-state index is 13.0. The largest absolute Gasteiger partial charge is 0.481 e. The third kappa shape index (κ3) is 6.42. The van der Waals surface area contributed by atoms with Crippen molar-refractivity contribution in [3.63, 3.8) is 0 Å². The first-order valence-electron chi connectivity index (χ1n) is 12.5. The Morgan fingerprint density at radius 2 is 2.11 bits per heavy atom. The molecule has 11 heteroatoms. The molecule has 0 fully saturated rings. The van der Waals surface area contributed by atoms with Crippen LogP contribution < -0.4 is 10.1 Å². The Labute approximate surface area is 235 Å². The predicted molar refractivity (Wildman–Crippen MR) is 152 cm³/mol. The van der Waals surface area contributed by atoms with E-state index >= 15 is 0 Å². The van der Waals surface area contributed by atoms with Crippen molar-refractivity contribution < 1.29 is 19.1 Å². The SMILES string of the molecule is C=CCn1c(SCC(=O)Nc2sc3c(c2C(=O)OCC)CCCC3)nnc1C(C)Oc1cc(C)ccc1Cl. The summed E-state index contributed by atoms with van der Waals surface area (Å²) in [5, 5.41) is 13.2. The van der Waals surface area contributed by atoms with Crippen molar-refractivity contribution in [3.8, 4) is 5.75 Å². The number of hydrogen-bond acceptors (Lipinski definition) is 8. The zero-order chi connectivity index (χ0) is 27.2. The van der Waals surface area contributed by atoms with Gasteiger partial charge in [0.05, 0.1) is 22.9 Å². The maximum absolute atomic E-state index is 13.0. The van der Waals surface area contributed by atoms with Gasteiger partial charge in [-0.2, -0.15) is 0 Å². The molecule has 0 radical (unpaired) electrons. The topological polar surface area (TPSA) is 95.3 Å². The van der Waals surface area contributed by atoms with Gasteiger partial charge in [0.25, 0.3) is 0 Å². The molecule has 0 aliphatic heterocycles. The molecule has 1 aromatic carbocycles. The van der Waals surface area contributed by atoms with E-state index < -0.39 is 6.10 Å². The summed E-state index contributed by atoms with van der Waals surface area (Å²) in [6.45, 7) is 10.2. The van der Waals surface area contributed by atoms with Crippen LogP contribution in [-0.4, -0.2) is 39.0 Å². The van der Waals surface area contributed by atoms with Gasteiger partial charge in [-0.15, -0.1) is 28.1 Å². The lowest BCUT2D eigenvalue weighted by Crippen LogP contribution is -2.17. The highest BCUT2D eigenvalue weighted by molar-refractivity contribution is 7.99. The molecule has 0 bridgehead atoms. The number of hydrogen-bond donors (Lipinski definition) is 1. The number of anilines is 1. The third-order valence-corrected chi connectivity index (χ3v) is 8.53. The maximum Gasteiger partial charge on any atom is 0.341 e. The molecule has 3 aromatic rings. The number of carbonyl (C=O) groups is 2. The Hall–Kier alpha value is -2.82. The number of fused-ring (bicyclic) bond motifs is 1. The van der Waals surface area contributed by atoms with Gasteiger partial charge in [0, 0.05) is 11.4 Å². The monoisotopic (exact) mass is 574 g/mol. The number of benzene rings is 1. The molecular formula is C27H31ClN4O4S2. The molecule has 0 spiro atoms. The summed E-state index contributed by atoms with van der Waals surface area (Å²) in [5.41, 5.74) is 2.55. The number of amides is 1. The van der Waals surface area contributed by atoms with Crippen molar-refractivity contribution in [1.29, 1.82) is 0 Å². The normalized spacial score (nSPS) is 13.5. The van der Waals surface area contributed by atoms with Crippen LogP contribution in [0.15, 0.2) is 36.0 Å². The van der Waals surface area contributed by atoms with Crippen molar-refractivity contribution in [2.45, 2.75) is 64.3 Å². The van der Waals surface area contributed by atoms with Crippen molar-refractivity contribution >= 4 is 51.6 Å². The van der Waals surface area contributed by atoms with E-state index in [-0.39, 0.29) is 24.2 Å². The number of esters is 1. The van der Waals surface area contributed by atoms with Gasteiger partial charge in [-0.3, -0.25) is 9.36 Å². The minimum Gasteiger partial charge on any atom is -0.481 e. The Morgan fingerprint density at radius 3 is 2.87 bits per heavy atom. The molecule has 1 aliphatic rings. The van der Waals surface area contributed by atoms with Gasteiger partial charge in [-0.25, -0.2) is 4.79 Å². The molecule has 8 nitrogen and oxygen atoms in total. The number of rotatable bonds is 11. The molecule has 1 N–H and O–H groups in total. The molecule has 4 rings (SSSR count). The Kier molecular flexibility index (Phi) is 9.51. The average Bonchev–Trinajstić information content (AvgIpc) is 3.46. The fraction of sp³-hybridized carbons (Fsp3) is 0.407. The molecule has 2 heterocycles. The van der Waals surface area contributed by atoms with E-state index in [1.165, 1.54) is 23.1 Å².